The van der Waals surface area contributed by atoms with Crippen LogP contribution >= 0.6 is 0 Å². The average molecular weight is 344 g/mol. The minimum absolute atomic E-state index is 0.0451. The molecule has 1 saturated heterocycles. The van der Waals surface area contributed by atoms with Crippen LogP contribution in [0, 0.1) is 6.92 Å². The second kappa shape index (κ2) is 6.69. The number of aryl methyl sites for hydroxylation is 1. The number of carbonyl (C=O) groups is 2. The summed E-state index contributed by atoms with van der Waals surface area (Å²) in [6.45, 7) is 4.85. The molecule has 1 amide bonds. The van der Waals surface area contributed by atoms with Crippen molar-refractivity contribution in [2.24, 2.45) is 0 Å². The average Bonchev–Trinajstić information content (AvgIpc) is 2.99. The fourth-order valence-corrected chi connectivity index (χ4v) is 4.08. The zero-order valence-corrected chi connectivity index (χ0v) is 14.1. The maximum Gasteiger partial charge on any atom is 0.344 e. The van der Waals surface area contributed by atoms with Crippen molar-refractivity contribution in [2.45, 2.75) is 39.2 Å². The zero-order chi connectivity index (χ0) is 17.2. The quantitative estimate of drug-likeness (QED) is 0.776. The van der Waals surface area contributed by atoms with E-state index in [2.05, 4.69) is 10.5 Å². The Morgan fingerprint density at radius 2 is 2.13 bits per heavy atom. The highest BCUT2D eigenvalue weighted by molar-refractivity contribution is 7.91. The predicted octanol–water partition coefficient (Wildman–Crippen LogP) is 0.567. The van der Waals surface area contributed by atoms with Gasteiger partial charge in [0.05, 0.1) is 17.2 Å². The summed E-state index contributed by atoms with van der Waals surface area (Å²) < 4.78 is 32.7. The fraction of sp³-hybridized carbons (Fsp3) is 0.643. The zero-order valence-electron chi connectivity index (χ0n) is 13.3. The molecule has 9 heteroatoms. The number of sulfone groups is 1. The van der Waals surface area contributed by atoms with Gasteiger partial charge in [-0.05, 0) is 13.3 Å². The standard InChI is InChI=1S/C14H20N2O6S/c1-8(2)13-12(9(3)16-22-13)14(18)21-6-11(17)15-10-4-5-23(19,20)7-10/h8,10H,4-7H2,1-3H3,(H,15,17)/t10-/m1/s1. The Labute approximate surface area is 134 Å². The number of rotatable bonds is 5. The molecule has 1 fully saturated rings. The lowest BCUT2D eigenvalue weighted by molar-refractivity contribution is -0.124. The number of ether oxygens (including phenoxy) is 1. The molecule has 0 radical (unpaired) electrons. The van der Waals surface area contributed by atoms with Crippen molar-refractivity contribution < 1.29 is 27.3 Å². The van der Waals surface area contributed by atoms with Crippen LogP contribution in [-0.2, 0) is 19.4 Å². The highest BCUT2D eigenvalue weighted by Crippen LogP contribution is 2.22. The summed E-state index contributed by atoms with van der Waals surface area (Å²) >= 11 is 0. The molecule has 2 rings (SSSR count). The highest BCUT2D eigenvalue weighted by atomic mass is 32.2. The van der Waals surface area contributed by atoms with Crippen molar-refractivity contribution in [1.29, 1.82) is 0 Å². The topological polar surface area (TPSA) is 116 Å². The lowest BCUT2D eigenvalue weighted by Gasteiger charge is -2.11. The van der Waals surface area contributed by atoms with Gasteiger partial charge in [-0.2, -0.15) is 0 Å². The van der Waals surface area contributed by atoms with E-state index in [1.54, 1.807) is 6.92 Å². The second-order valence-corrected chi connectivity index (χ2v) is 8.13. The largest absolute Gasteiger partial charge is 0.452 e. The van der Waals surface area contributed by atoms with Gasteiger partial charge in [0.2, 0.25) is 0 Å². The fourth-order valence-electron chi connectivity index (χ4n) is 2.41. The van der Waals surface area contributed by atoms with Gasteiger partial charge in [-0.3, -0.25) is 4.79 Å². The number of nitrogens with one attached hydrogen (secondary N) is 1. The highest BCUT2D eigenvalue weighted by Gasteiger charge is 2.29. The maximum atomic E-state index is 12.1. The van der Waals surface area contributed by atoms with E-state index in [0.29, 0.717) is 17.9 Å². The van der Waals surface area contributed by atoms with E-state index in [0.717, 1.165) is 0 Å². The van der Waals surface area contributed by atoms with Gasteiger partial charge in [0.25, 0.3) is 5.91 Å². The first-order chi connectivity index (χ1) is 10.7. The van der Waals surface area contributed by atoms with E-state index >= 15 is 0 Å². The number of hydrogen-bond donors (Lipinski definition) is 1. The van der Waals surface area contributed by atoms with Crippen LogP contribution in [-0.4, -0.2) is 49.6 Å². The molecular formula is C14H20N2O6S. The van der Waals surface area contributed by atoms with Crippen LogP contribution < -0.4 is 5.32 Å². The Bertz CT molecular complexity index is 707. The van der Waals surface area contributed by atoms with Gasteiger partial charge in [-0.25, -0.2) is 13.2 Å². The van der Waals surface area contributed by atoms with Crippen LogP contribution in [0.5, 0.6) is 0 Å². The van der Waals surface area contributed by atoms with Crippen molar-refractivity contribution in [2.75, 3.05) is 18.1 Å². The monoisotopic (exact) mass is 344 g/mol. The number of hydrogen-bond acceptors (Lipinski definition) is 7. The number of aromatic nitrogens is 1. The third-order valence-electron chi connectivity index (χ3n) is 3.55. The Balaban J connectivity index is 1.90. The molecule has 0 spiro atoms. The summed E-state index contributed by atoms with van der Waals surface area (Å²) in [7, 11) is -3.07. The summed E-state index contributed by atoms with van der Waals surface area (Å²) in [4.78, 5) is 23.9. The van der Waals surface area contributed by atoms with Gasteiger partial charge >= 0.3 is 5.97 Å². The van der Waals surface area contributed by atoms with E-state index in [1.807, 2.05) is 13.8 Å². The second-order valence-electron chi connectivity index (χ2n) is 5.91. The van der Waals surface area contributed by atoms with E-state index < -0.39 is 34.4 Å². The predicted molar refractivity (Wildman–Crippen MR) is 80.8 cm³/mol. The molecule has 1 atom stereocenters. The van der Waals surface area contributed by atoms with Crippen LogP contribution in [0.25, 0.3) is 0 Å². The molecule has 0 saturated carbocycles. The van der Waals surface area contributed by atoms with Crippen LogP contribution in [0.1, 0.15) is 48.0 Å². The molecule has 1 aliphatic rings. The van der Waals surface area contributed by atoms with E-state index in [1.165, 1.54) is 0 Å². The van der Waals surface area contributed by atoms with E-state index in [9.17, 15) is 18.0 Å². The van der Waals surface area contributed by atoms with E-state index in [-0.39, 0.29) is 23.0 Å². The Kier molecular flexibility index (Phi) is 5.08. The third-order valence-corrected chi connectivity index (χ3v) is 5.32. The molecule has 8 nitrogen and oxygen atoms in total. The molecular weight excluding hydrogens is 324 g/mol. The molecule has 23 heavy (non-hydrogen) atoms. The van der Waals surface area contributed by atoms with Gasteiger partial charge in [0, 0.05) is 12.0 Å². The molecule has 0 bridgehead atoms. The minimum atomic E-state index is -3.07. The normalized spacial score (nSPS) is 19.7. The van der Waals surface area contributed by atoms with Gasteiger partial charge in [0.15, 0.2) is 22.2 Å². The van der Waals surface area contributed by atoms with Gasteiger partial charge in [-0.1, -0.05) is 19.0 Å². The third kappa shape index (κ3) is 4.31. The van der Waals surface area contributed by atoms with Crippen molar-refractivity contribution in [3.05, 3.63) is 17.0 Å². The van der Waals surface area contributed by atoms with Crippen LogP contribution in [0.4, 0.5) is 0 Å². The molecule has 1 N–H and O–H groups in total. The maximum absolute atomic E-state index is 12.1. The molecule has 1 aromatic rings. The Morgan fingerprint density at radius 1 is 1.43 bits per heavy atom. The summed E-state index contributed by atoms with van der Waals surface area (Å²) in [5.74, 6) is -0.849. The Morgan fingerprint density at radius 3 is 2.70 bits per heavy atom. The smallest absolute Gasteiger partial charge is 0.344 e. The summed E-state index contributed by atoms with van der Waals surface area (Å²) in [5.41, 5.74) is 0.636. The van der Waals surface area contributed by atoms with Crippen molar-refractivity contribution in [3.8, 4) is 0 Å². The SMILES string of the molecule is Cc1noc(C(C)C)c1C(=O)OCC(=O)N[C@@H]1CCS(=O)(=O)C1. The van der Waals surface area contributed by atoms with Gasteiger partial charge < -0.3 is 14.6 Å². The van der Waals surface area contributed by atoms with Crippen LogP contribution in [0.15, 0.2) is 4.52 Å². The van der Waals surface area contributed by atoms with Crippen LogP contribution in [0.3, 0.4) is 0 Å². The minimum Gasteiger partial charge on any atom is -0.452 e. The molecule has 1 aromatic heterocycles. The van der Waals surface area contributed by atoms with E-state index in [4.69, 9.17) is 9.26 Å². The number of amides is 1. The first-order valence-corrected chi connectivity index (χ1v) is 9.15. The molecule has 0 unspecified atom stereocenters. The number of nitrogens with zero attached hydrogens (tertiary/aromatic N) is 1. The first-order valence-electron chi connectivity index (χ1n) is 7.32. The van der Waals surface area contributed by atoms with Crippen LogP contribution in [0.2, 0.25) is 0 Å². The summed E-state index contributed by atoms with van der Waals surface area (Å²) in [6.07, 6.45) is 0.379. The van der Waals surface area contributed by atoms with Crippen molar-refractivity contribution in [1.82, 2.24) is 10.5 Å². The lowest BCUT2D eigenvalue weighted by Crippen LogP contribution is -2.38. The first kappa shape index (κ1) is 17.5. The van der Waals surface area contributed by atoms with Gasteiger partial charge in [0.1, 0.15) is 5.56 Å². The lowest BCUT2D eigenvalue weighted by atomic mass is 10.1. The summed E-state index contributed by atoms with van der Waals surface area (Å²) in [6, 6.07) is -0.422. The molecule has 1 aliphatic heterocycles. The van der Waals surface area contributed by atoms with Crippen molar-refractivity contribution in [3.63, 3.8) is 0 Å². The molecule has 128 valence electrons. The number of carbonyl (C=O) groups excluding carboxylic acids is 2. The molecule has 0 aliphatic carbocycles. The molecule has 0 aromatic carbocycles. The van der Waals surface area contributed by atoms with Gasteiger partial charge in [-0.15, -0.1) is 0 Å². The summed E-state index contributed by atoms with van der Waals surface area (Å²) in [5, 5.41) is 6.29. The van der Waals surface area contributed by atoms with Crippen molar-refractivity contribution >= 4 is 21.7 Å². The Hall–Kier alpha value is -1.90. The molecule has 2 heterocycles. The number of esters is 1.